The van der Waals surface area contributed by atoms with Gasteiger partial charge in [0.2, 0.25) is 0 Å². The number of rotatable bonds is 5. The fourth-order valence-corrected chi connectivity index (χ4v) is 5.47. The largest absolute Gasteiger partial charge is 0.469 e. The number of benzene rings is 2. The number of piperidine rings is 1. The maximum Gasteiger partial charge on any atom is 0.308 e. The summed E-state index contributed by atoms with van der Waals surface area (Å²) in [7, 11) is 1.49. The van der Waals surface area contributed by atoms with Gasteiger partial charge in [-0.2, -0.15) is 0 Å². The Kier molecular flexibility index (Phi) is 6.59. The van der Waals surface area contributed by atoms with Crippen LogP contribution >= 0.6 is 11.6 Å². The molecule has 4 nitrogen and oxygen atoms in total. The van der Waals surface area contributed by atoms with Crippen molar-refractivity contribution in [3.05, 3.63) is 63.2 Å². The second-order valence-electron chi connectivity index (χ2n) is 9.21. The monoisotopic (exact) mass is 440 g/mol. The number of nitrogens with zero attached hydrogens (tertiary/aromatic N) is 2. The molecule has 2 aromatic carbocycles. The van der Waals surface area contributed by atoms with Crippen LogP contribution in [0.4, 0.5) is 5.69 Å². The molecule has 2 aromatic rings. The van der Waals surface area contributed by atoms with E-state index in [-0.39, 0.29) is 11.9 Å². The molecule has 2 fully saturated rings. The second kappa shape index (κ2) is 9.22. The van der Waals surface area contributed by atoms with E-state index in [1.807, 2.05) is 12.1 Å². The molecule has 0 unspecified atom stereocenters. The van der Waals surface area contributed by atoms with Crippen LogP contribution in [0, 0.1) is 26.7 Å². The lowest BCUT2D eigenvalue weighted by Crippen LogP contribution is -2.45. The van der Waals surface area contributed by atoms with Crippen LogP contribution in [0.1, 0.15) is 46.6 Å². The molecule has 4 rings (SSSR count). The van der Waals surface area contributed by atoms with E-state index in [9.17, 15) is 4.79 Å². The highest BCUT2D eigenvalue weighted by molar-refractivity contribution is 6.33. The number of carbonyl (C=O) groups excluding carboxylic acids is 1. The molecule has 2 heterocycles. The van der Waals surface area contributed by atoms with Crippen LogP contribution in [-0.2, 0) is 16.1 Å². The third-order valence-electron chi connectivity index (χ3n) is 7.08. The van der Waals surface area contributed by atoms with E-state index in [2.05, 4.69) is 48.8 Å². The topological polar surface area (TPSA) is 32.8 Å². The van der Waals surface area contributed by atoms with Crippen LogP contribution in [0.3, 0.4) is 0 Å². The number of carbonyl (C=O) groups is 1. The molecule has 0 radical (unpaired) electrons. The van der Waals surface area contributed by atoms with Gasteiger partial charge < -0.3 is 9.64 Å². The number of anilines is 1. The average Bonchev–Trinajstić information content (AvgIpc) is 2.71. The van der Waals surface area contributed by atoms with Gasteiger partial charge in [-0.05, 0) is 80.6 Å². The number of aryl methyl sites for hydroxylation is 3. The quantitative estimate of drug-likeness (QED) is 0.594. The first-order valence-corrected chi connectivity index (χ1v) is 11.7. The molecule has 31 heavy (non-hydrogen) atoms. The number of para-hydroxylation sites is 1. The summed E-state index contributed by atoms with van der Waals surface area (Å²) in [5, 5.41) is 0.845. The molecule has 0 N–H and O–H groups in total. The molecule has 0 spiro atoms. The van der Waals surface area contributed by atoms with E-state index in [0.29, 0.717) is 5.92 Å². The number of hydrogen-bond acceptors (Lipinski definition) is 4. The van der Waals surface area contributed by atoms with Crippen molar-refractivity contribution in [2.45, 2.75) is 46.1 Å². The zero-order valence-electron chi connectivity index (χ0n) is 19.1. The van der Waals surface area contributed by atoms with Gasteiger partial charge in [0.25, 0.3) is 0 Å². The Morgan fingerprint density at radius 2 is 1.71 bits per heavy atom. The Balaban J connectivity index is 1.39. The molecular formula is C26H33ClN2O2. The maximum absolute atomic E-state index is 11.8. The minimum atomic E-state index is -0.0575. The molecule has 2 saturated heterocycles. The molecule has 2 aliphatic rings. The second-order valence-corrected chi connectivity index (χ2v) is 9.62. The van der Waals surface area contributed by atoms with Gasteiger partial charge in [0.1, 0.15) is 0 Å². The molecule has 2 aliphatic heterocycles. The predicted octanol–water partition coefficient (Wildman–Crippen LogP) is 5.25. The fraction of sp³-hybridized carbons (Fsp3) is 0.500. The van der Waals surface area contributed by atoms with E-state index in [1.54, 1.807) is 0 Å². The Hall–Kier alpha value is -2.04. The van der Waals surface area contributed by atoms with Crippen molar-refractivity contribution in [1.82, 2.24) is 4.90 Å². The Morgan fingerprint density at radius 1 is 1.06 bits per heavy atom. The highest BCUT2D eigenvalue weighted by Crippen LogP contribution is 2.38. The van der Waals surface area contributed by atoms with Crippen molar-refractivity contribution in [2.75, 3.05) is 38.2 Å². The van der Waals surface area contributed by atoms with Crippen molar-refractivity contribution in [3.63, 3.8) is 0 Å². The van der Waals surface area contributed by atoms with Crippen molar-refractivity contribution in [3.8, 4) is 0 Å². The van der Waals surface area contributed by atoms with Crippen LogP contribution in [0.2, 0.25) is 5.02 Å². The molecule has 0 saturated carbocycles. The van der Waals surface area contributed by atoms with E-state index in [0.717, 1.165) is 50.6 Å². The lowest BCUT2D eigenvalue weighted by atomic mass is 9.86. The van der Waals surface area contributed by atoms with Gasteiger partial charge in [0.15, 0.2) is 0 Å². The summed E-state index contributed by atoms with van der Waals surface area (Å²) < 4.78 is 4.91. The number of hydrogen-bond donors (Lipinski definition) is 0. The molecule has 0 atom stereocenters. The maximum atomic E-state index is 11.8. The molecule has 0 aliphatic carbocycles. The SMILES string of the molecule is COC(=O)C1CCN(Cc2c(C)cc(C3CN(c4c(C)cccc4Cl)C3)cc2C)CC1. The molecule has 0 aromatic heterocycles. The Labute approximate surface area is 191 Å². The Bertz CT molecular complexity index is 917. The zero-order chi connectivity index (χ0) is 22.1. The van der Waals surface area contributed by atoms with Crippen LogP contribution in [0.25, 0.3) is 0 Å². The summed E-state index contributed by atoms with van der Waals surface area (Å²) in [5.41, 5.74) is 8.03. The van der Waals surface area contributed by atoms with Gasteiger partial charge in [-0.25, -0.2) is 0 Å². The molecular weight excluding hydrogens is 408 g/mol. The van der Waals surface area contributed by atoms with Gasteiger partial charge in [-0.3, -0.25) is 9.69 Å². The van der Waals surface area contributed by atoms with Gasteiger partial charge in [0.05, 0.1) is 23.7 Å². The zero-order valence-corrected chi connectivity index (χ0v) is 19.8. The van der Waals surface area contributed by atoms with E-state index in [4.69, 9.17) is 16.3 Å². The standard InChI is InChI=1S/C26H33ClN2O2/c1-17-6-5-7-24(27)25(17)29-14-22(15-29)21-12-18(2)23(19(3)13-21)16-28-10-8-20(9-11-28)26(30)31-4/h5-7,12-13,20,22H,8-11,14-16H2,1-4H3. The first-order valence-electron chi connectivity index (χ1n) is 11.3. The van der Waals surface area contributed by atoms with Crippen molar-refractivity contribution < 1.29 is 9.53 Å². The van der Waals surface area contributed by atoms with Crippen molar-refractivity contribution in [2.24, 2.45) is 5.92 Å². The first kappa shape index (κ1) is 22.2. The number of ether oxygens (including phenoxy) is 1. The summed E-state index contributed by atoms with van der Waals surface area (Å²) >= 11 is 6.46. The van der Waals surface area contributed by atoms with Crippen LogP contribution in [0.5, 0.6) is 0 Å². The fourth-order valence-electron chi connectivity index (χ4n) is 5.12. The van der Waals surface area contributed by atoms with Gasteiger partial charge in [-0.15, -0.1) is 0 Å². The van der Waals surface area contributed by atoms with Crippen LogP contribution < -0.4 is 4.90 Å². The minimum Gasteiger partial charge on any atom is -0.469 e. The third-order valence-corrected chi connectivity index (χ3v) is 7.38. The summed E-state index contributed by atoms with van der Waals surface area (Å²) in [6.45, 7) is 11.5. The van der Waals surface area contributed by atoms with E-state index < -0.39 is 0 Å². The normalized spacial score (nSPS) is 18.2. The summed E-state index contributed by atoms with van der Waals surface area (Å²) in [4.78, 5) is 16.6. The van der Waals surface area contributed by atoms with Crippen molar-refractivity contribution >= 4 is 23.3 Å². The molecule has 166 valence electrons. The number of methoxy groups -OCH3 is 1. The molecule has 0 amide bonds. The third kappa shape index (κ3) is 4.61. The lowest BCUT2D eigenvalue weighted by molar-refractivity contribution is -0.147. The molecule has 5 heteroatoms. The average molecular weight is 441 g/mol. The summed E-state index contributed by atoms with van der Waals surface area (Å²) in [6.07, 6.45) is 1.78. The minimum absolute atomic E-state index is 0.0575. The summed E-state index contributed by atoms with van der Waals surface area (Å²) in [5.74, 6) is 0.560. The number of esters is 1. The number of halogens is 1. The van der Waals surface area contributed by atoms with Crippen LogP contribution in [-0.4, -0.2) is 44.2 Å². The molecule has 0 bridgehead atoms. The van der Waals surface area contributed by atoms with E-state index >= 15 is 0 Å². The number of likely N-dealkylation sites (tertiary alicyclic amines) is 1. The Morgan fingerprint density at radius 3 is 2.29 bits per heavy atom. The van der Waals surface area contributed by atoms with Crippen molar-refractivity contribution in [1.29, 1.82) is 0 Å². The predicted molar refractivity (Wildman–Crippen MR) is 127 cm³/mol. The van der Waals surface area contributed by atoms with Crippen LogP contribution in [0.15, 0.2) is 30.3 Å². The van der Waals surface area contributed by atoms with Gasteiger partial charge in [-0.1, -0.05) is 35.9 Å². The highest BCUT2D eigenvalue weighted by Gasteiger charge is 2.31. The smallest absolute Gasteiger partial charge is 0.308 e. The lowest BCUT2D eigenvalue weighted by Gasteiger charge is -2.43. The van der Waals surface area contributed by atoms with Gasteiger partial charge >= 0.3 is 5.97 Å². The first-order chi connectivity index (χ1) is 14.9. The van der Waals surface area contributed by atoms with E-state index in [1.165, 1.54) is 40.6 Å². The van der Waals surface area contributed by atoms with Gasteiger partial charge in [0, 0.05) is 25.6 Å². The summed E-state index contributed by atoms with van der Waals surface area (Å²) in [6, 6.07) is 10.9. The highest BCUT2D eigenvalue weighted by atomic mass is 35.5.